The zero-order valence-electron chi connectivity index (χ0n) is 18.7. The van der Waals surface area contributed by atoms with E-state index < -0.39 is 0 Å². The number of allylic oxidation sites excluding steroid dienone is 1. The Bertz CT molecular complexity index is 1320. The lowest BCUT2D eigenvalue weighted by molar-refractivity contribution is 0.0843. The summed E-state index contributed by atoms with van der Waals surface area (Å²) < 4.78 is 19.7. The SMILES string of the molecule is O=C(OCc1ccccc1)N1CC=CCCC1c1cc2ccc(F)cc2nc1-c1ccccc1. The van der Waals surface area contributed by atoms with E-state index in [9.17, 15) is 9.18 Å². The summed E-state index contributed by atoms with van der Waals surface area (Å²) in [5.74, 6) is -0.323. The summed E-state index contributed by atoms with van der Waals surface area (Å²) in [7, 11) is 0. The maximum Gasteiger partial charge on any atom is 0.410 e. The molecule has 0 N–H and O–H groups in total. The molecule has 0 saturated carbocycles. The van der Waals surface area contributed by atoms with Gasteiger partial charge in [0.2, 0.25) is 0 Å². The number of amides is 1. The molecule has 0 radical (unpaired) electrons. The summed E-state index contributed by atoms with van der Waals surface area (Å²) in [6.07, 6.45) is 5.33. The Morgan fingerprint density at radius 3 is 2.53 bits per heavy atom. The van der Waals surface area contributed by atoms with Gasteiger partial charge in [-0.25, -0.2) is 14.2 Å². The van der Waals surface area contributed by atoms with E-state index in [0.29, 0.717) is 12.1 Å². The van der Waals surface area contributed by atoms with Crippen molar-refractivity contribution in [3.63, 3.8) is 0 Å². The first kappa shape index (κ1) is 21.8. The Labute approximate surface area is 198 Å². The number of carbonyl (C=O) groups is 1. The lowest BCUT2D eigenvalue weighted by atomic mass is 9.94. The van der Waals surface area contributed by atoms with E-state index in [1.165, 1.54) is 12.1 Å². The molecule has 0 aliphatic carbocycles. The van der Waals surface area contributed by atoms with Crippen molar-refractivity contribution in [1.82, 2.24) is 9.88 Å². The summed E-state index contributed by atoms with van der Waals surface area (Å²) >= 11 is 0. The molecule has 0 bridgehead atoms. The summed E-state index contributed by atoms with van der Waals surface area (Å²) in [6.45, 7) is 0.668. The fourth-order valence-corrected chi connectivity index (χ4v) is 4.41. The number of fused-ring (bicyclic) bond motifs is 1. The minimum atomic E-state index is -0.362. The quantitative estimate of drug-likeness (QED) is 0.311. The van der Waals surface area contributed by atoms with E-state index in [1.807, 2.05) is 72.8 Å². The van der Waals surface area contributed by atoms with Gasteiger partial charge in [0.15, 0.2) is 0 Å². The topological polar surface area (TPSA) is 42.4 Å². The van der Waals surface area contributed by atoms with Crippen LogP contribution in [0, 0.1) is 5.82 Å². The number of hydrogen-bond donors (Lipinski definition) is 0. The van der Waals surface area contributed by atoms with Crippen LogP contribution in [0.5, 0.6) is 0 Å². The van der Waals surface area contributed by atoms with E-state index in [1.54, 1.807) is 11.0 Å². The first-order chi connectivity index (χ1) is 16.7. The number of ether oxygens (including phenoxy) is 1. The van der Waals surface area contributed by atoms with E-state index in [4.69, 9.17) is 9.72 Å². The number of benzene rings is 3. The summed E-state index contributed by atoms with van der Waals surface area (Å²) in [5, 5.41) is 0.839. The first-order valence-electron chi connectivity index (χ1n) is 11.5. The average Bonchev–Trinajstić information content (AvgIpc) is 3.14. The largest absolute Gasteiger partial charge is 0.445 e. The molecule has 0 spiro atoms. The first-order valence-corrected chi connectivity index (χ1v) is 11.5. The third kappa shape index (κ3) is 4.69. The standard InChI is InChI=1S/C29H25FN2O2/c30-24-16-15-23-18-25(28(31-26(23)19-24)22-12-6-2-7-13-22)27-14-8-3-9-17-32(27)29(33)34-20-21-10-4-1-5-11-21/h1-7,9-13,15-16,18-19,27H,8,14,17,20H2. The van der Waals surface area contributed by atoms with Crippen molar-refractivity contribution >= 4 is 17.0 Å². The second kappa shape index (κ2) is 9.87. The number of aromatic nitrogens is 1. The van der Waals surface area contributed by atoms with Crippen LogP contribution >= 0.6 is 0 Å². The highest BCUT2D eigenvalue weighted by molar-refractivity contribution is 5.84. The van der Waals surface area contributed by atoms with E-state index in [2.05, 4.69) is 6.08 Å². The molecule has 5 rings (SSSR count). The normalized spacial score (nSPS) is 15.8. The van der Waals surface area contributed by atoms with Crippen molar-refractivity contribution in [2.45, 2.75) is 25.5 Å². The van der Waals surface area contributed by atoms with Gasteiger partial charge >= 0.3 is 6.09 Å². The molecule has 4 aromatic rings. The van der Waals surface area contributed by atoms with Gasteiger partial charge in [-0.2, -0.15) is 0 Å². The molecule has 1 atom stereocenters. The molecular formula is C29H25FN2O2. The molecule has 0 fully saturated rings. The maximum absolute atomic E-state index is 14.0. The molecule has 34 heavy (non-hydrogen) atoms. The van der Waals surface area contributed by atoms with Crippen LogP contribution in [-0.2, 0) is 11.3 Å². The highest BCUT2D eigenvalue weighted by Gasteiger charge is 2.29. The maximum atomic E-state index is 14.0. The van der Waals surface area contributed by atoms with Crippen LogP contribution in [0.1, 0.15) is 30.0 Å². The van der Waals surface area contributed by atoms with E-state index in [-0.39, 0.29) is 24.6 Å². The highest BCUT2D eigenvalue weighted by Crippen LogP contribution is 2.37. The van der Waals surface area contributed by atoms with Crippen molar-refractivity contribution in [3.05, 3.63) is 114 Å². The molecule has 2 heterocycles. The van der Waals surface area contributed by atoms with E-state index >= 15 is 0 Å². The third-order valence-electron chi connectivity index (χ3n) is 6.11. The monoisotopic (exact) mass is 452 g/mol. The second-order valence-corrected chi connectivity index (χ2v) is 8.39. The number of nitrogens with zero attached hydrogens (tertiary/aromatic N) is 2. The van der Waals surface area contributed by atoms with Crippen LogP contribution in [0.2, 0.25) is 0 Å². The predicted molar refractivity (Wildman–Crippen MR) is 132 cm³/mol. The molecule has 1 amide bonds. The minimum Gasteiger partial charge on any atom is -0.445 e. The average molecular weight is 453 g/mol. The predicted octanol–water partition coefficient (Wildman–Crippen LogP) is 7.07. The van der Waals surface area contributed by atoms with Gasteiger partial charge in [0.05, 0.1) is 17.3 Å². The number of carbonyl (C=O) groups excluding carboxylic acids is 1. The molecule has 1 aromatic heterocycles. The number of pyridine rings is 1. The van der Waals surface area contributed by atoms with Crippen LogP contribution < -0.4 is 0 Å². The molecule has 3 aromatic carbocycles. The lowest BCUT2D eigenvalue weighted by Crippen LogP contribution is -2.35. The van der Waals surface area contributed by atoms with Crippen molar-refractivity contribution < 1.29 is 13.9 Å². The van der Waals surface area contributed by atoms with Crippen LogP contribution in [0.3, 0.4) is 0 Å². The van der Waals surface area contributed by atoms with Crippen molar-refractivity contribution in [2.24, 2.45) is 0 Å². The Hall–Kier alpha value is -3.99. The molecule has 4 nitrogen and oxygen atoms in total. The molecule has 1 unspecified atom stereocenters. The smallest absolute Gasteiger partial charge is 0.410 e. The molecule has 0 saturated heterocycles. The Balaban J connectivity index is 1.55. The molecule has 170 valence electrons. The van der Waals surface area contributed by atoms with E-state index in [0.717, 1.165) is 40.6 Å². The van der Waals surface area contributed by atoms with Crippen LogP contribution in [0.4, 0.5) is 9.18 Å². The molecule has 1 aliphatic rings. The summed E-state index contributed by atoms with van der Waals surface area (Å²) in [4.78, 5) is 19.9. The van der Waals surface area contributed by atoms with Gasteiger partial charge in [-0.05, 0) is 36.6 Å². The summed E-state index contributed by atoms with van der Waals surface area (Å²) in [5.41, 5.74) is 4.15. The van der Waals surface area contributed by atoms with Gasteiger partial charge in [0.1, 0.15) is 12.4 Å². The Morgan fingerprint density at radius 2 is 1.74 bits per heavy atom. The van der Waals surface area contributed by atoms with Gasteiger partial charge in [-0.1, -0.05) is 72.8 Å². The zero-order chi connectivity index (χ0) is 23.3. The number of halogens is 1. The minimum absolute atomic E-state index is 0.216. The van der Waals surface area contributed by atoms with Crippen molar-refractivity contribution in [3.8, 4) is 11.3 Å². The number of rotatable bonds is 4. The van der Waals surface area contributed by atoms with Crippen LogP contribution in [0.15, 0.2) is 97.1 Å². The van der Waals surface area contributed by atoms with Gasteiger partial charge in [-0.3, -0.25) is 4.90 Å². The van der Waals surface area contributed by atoms with Crippen molar-refractivity contribution in [2.75, 3.05) is 6.54 Å². The Morgan fingerprint density at radius 1 is 0.971 bits per heavy atom. The van der Waals surface area contributed by atoms with Gasteiger partial charge in [0.25, 0.3) is 0 Å². The Kier molecular flexibility index (Phi) is 6.34. The summed E-state index contributed by atoms with van der Waals surface area (Å²) in [6, 6.07) is 25.9. The lowest BCUT2D eigenvalue weighted by Gasteiger charge is -2.31. The fourth-order valence-electron chi connectivity index (χ4n) is 4.41. The van der Waals surface area contributed by atoms with Gasteiger partial charge < -0.3 is 4.74 Å². The van der Waals surface area contributed by atoms with Crippen molar-refractivity contribution in [1.29, 1.82) is 0 Å². The molecule has 1 aliphatic heterocycles. The second-order valence-electron chi connectivity index (χ2n) is 8.39. The van der Waals surface area contributed by atoms with Crippen LogP contribution in [0.25, 0.3) is 22.2 Å². The highest BCUT2D eigenvalue weighted by atomic mass is 19.1. The van der Waals surface area contributed by atoms with Crippen LogP contribution in [-0.4, -0.2) is 22.5 Å². The fraction of sp³-hybridized carbons (Fsp3) is 0.172. The van der Waals surface area contributed by atoms with Gasteiger partial charge in [0, 0.05) is 29.1 Å². The third-order valence-corrected chi connectivity index (χ3v) is 6.11. The molecular weight excluding hydrogens is 427 g/mol. The molecule has 5 heteroatoms. The number of hydrogen-bond acceptors (Lipinski definition) is 3. The zero-order valence-corrected chi connectivity index (χ0v) is 18.7. The van der Waals surface area contributed by atoms with Gasteiger partial charge in [-0.15, -0.1) is 0 Å².